The van der Waals surface area contributed by atoms with E-state index in [1.807, 2.05) is 6.07 Å². The maximum absolute atomic E-state index is 5.85. The highest BCUT2D eigenvalue weighted by Crippen LogP contribution is 2.28. The Morgan fingerprint density at radius 3 is 2.33 bits per heavy atom. The van der Waals surface area contributed by atoms with Crippen molar-refractivity contribution < 1.29 is 0 Å². The lowest BCUT2D eigenvalue weighted by atomic mass is 10.0. The Kier molecular flexibility index (Phi) is 4.91. The van der Waals surface area contributed by atoms with Crippen LogP contribution < -0.4 is 10.6 Å². The summed E-state index contributed by atoms with van der Waals surface area (Å²) in [5.41, 5.74) is 8.06. The lowest BCUT2D eigenvalue weighted by Gasteiger charge is -2.42. The molecule has 1 aromatic rings. The number of hydrogen-bond acceptors (Lipinski definition) is 4. The van der Waals surface area contributed by atoms with Crippen LogP contribution in [0.2, 0.25) is 0 Å². The van der Waals surface area contributed by atoms with Gasteiger partial charge in [-0.15, -0.1) is 0 Å². The normalized spacial score (nSPS) is 22.7. The lowest BCUT2D eigenvalue weighted by Crippen LogP contribution is -2.52. The topological polar surface area (TPSA) is 35.7 Å². The molecule has 0 amide bonds. The summed E-state index contributed by atoms with van der Waals surface area (Å²) in [6.07, 6.45) is 2.56. The maximum atomic E-state index is 5.85. The molecule has 3 rings (SSSR count). The van der Waals surface area contributed by atoms with Crippen molar-refractivity contribution in [3.05, 3.63) is 21.8 Å². The monoisotopic (exact) mass is 400 g/mol. The van der Waals surface area contributed by atoms with E-state index in [2.05, 4.69) is 56.5 Å². The zero-order chi connectivity index (χ0) is 14.8. The molecule has 0 atom stereocenters. The predicted molar refractivity (Wildman–Crippen MR) is 97.9 cm³/mol. The van der Waals surface area contributed by atoms with E-state index in [9.17, 15) is 0 Å². The number of rotatable bonds is 2. The third-order valence-corrected chi connectivity index (χ3v) is 5.70. The van der Waals surface area contributed by atoms with E-state index in [-0.39, 0.29) is 0 Å². The Labute approximate surface area is 141 Å². The van der Waals surface area contributed by atoms with Gasteiger partial charge in [0.25, 0.3) is 0 Å². The van der Waals surface area contributed by atoms with Crippen molar-refractivity contribution in [1.29, 1.82) is 0 Å². The summed E-state index contributed by atoms with van der Waals surface area (Å²) >= 11 is 2.40. The second kappa shape index (κ2) is 6.71. The summed E-state index contributed by atoms with van der Waals surface area (Å²) in [6, 6.07) is 7.04. The molecule has 5 heteroatoms. The van der Waals surface area contributed by atoms with E-state index in [0.717, 1.165) is 24.8 Å². The van der Waals surface area contributed by atoms with Gasteiger partial charge in [-0.05, 0) is 60.7 Å². The number of likely N-dealkylation sites (N-methyl/N-ethyl adjacent to an activating group) is 1. The van der Waals surface area contributed by atoms with Gasteiger partial charge >= 0.3 is 0 Å². The average Bonchev–Trinajstić information content (AvgIpc) is 2.48. The Morgan fingerprint density at radius 2 is 1.71 bits per heavy atom. The first-order valence-electron chi connectivity index (χ1n) is 7.86. The number of piperazine rings is 1. The van der Waals surface area contributed by atoms with Gasteiger partial charge in [-0.1, -0.05) is 0 Å². The molecule has 21 heavy (non-hydrogen) atoms. The predicted octanol–water partition coefficient (Wildman–Crippen LogP) is 2.09. The van der Waals surface area contributed by atoms with Gasteiger partial charge in [-0.2, -0.15) is 0 Å². The molecule has 0 saturated carbocycles. The van der Waals surface area contributed by atoms with Gasteiger partial charge in [-0.25, -0.2) is 0 Å². The van der Waals surface area contributed by atoms with Gasteiger partial charge in [-0.3, -0.25) is 4.90 Å². The van der Waals surface area contributed by atoms with Gasteiger partial charge in [0.15, 0.2) is 0 Å². The highest BCUT2D eigenvalue weighted by Gasteiger charge is 2.27. The molecule has 2 N–H and O–H groups in total. The maximum Gasteiger partial charge on any atom is 0.0503 e. The number of nitrogens with zero attached hydrogens (tertiary/aromatic N) is 3. The SMILES string of the molecule is CN1CCN(C2CCN(c3ccc(N)cc3I)CC2)CC1. The fraction of sp³-hybridized carbons (Fsp3) is 0.625. The van der Waals surface area contributed by atoms with Gasteiger partial charge in [0.1, 0.15) is 0 Å². The van der Waals surface area contributed by atoms with Crippen molar-refractivity contribution in [2.75, 3.05) is 56.9 Å². The van der Waals surface area contributed by atoms with Crippen molar-refractivity contribution in [2.45, 2.75) is 18.9 Å². The minimum Gasteiger partial charge on any atom is -0.399 e. The number of nitrogen functional groups attached to an aromatic ring is 1. The van der Waals surface area contributed by atoms with Crippen LogP contribution in [0.3, 0.4) is 0 Å². The van der Waals surface area contributed by atoms with Gasteiger partial charge in [0, 0.05) is 54.6 Å². The zero-order valence-corrected chi connectivity index (χ0v) is 14.9. The van der Waals surface area contributed by atoms with Gasteiger partial charge in [0.2, 0.25) is 0 Å². The van der Waals surface area contributed by atoms with E-state index in [4.69, 9.17) is 5.73 Å². The van der Waals surface area contributed by atoms with Gasteiger partial charge < -0.3 is 15.5 Å². The third kappa shape index (κ3) is 3.63. The molecule has 1 aromatic carbocycles. The first-order chi connectivity index (χ1) is 10.1. The standard InChI is InChI=1S/C16H25IN4/c1-19-8-10-20(11-9-19)14-4-6-21(7-5-14)16-3-2-13(18)12-15(16)17/h2-3,12,14H,4-11,18H2,1H3. The molecule has 2 aliphatic rings. The number of hydrogen-bond donors (Lipinski definition) is 1. The van der Waals surface area contributed by atoms with E-state index in [1.165, 1.54) is 48.3 Å². The second-order valence-electron chi connectivity index (χ2n) is 6.27. The third-order valence-electron chi connectivity index (χ3n) is 4.83. The summed E-state index contributed by atoms with van der Waals surface area (Å²) in [7, 11) is 2.23. The summed E-state index contributed by atoms with van der Waals surface area (Å²) < 4.78 is 1.27. The average molecular weight is 400 g/mol. The molecule has 2 saturated heterocycles. The van der Waals surface area contributed by atoms with Crippen LogP contribution in [0.4, 0.5) is 11.4 Å². The molecule has 2 heterocycles. The number of benzene rings is 1. The molecule has 0 bridgehead atoms. The zero-order valence-electron chi connectivity index (χ0n) is 12.8. The molecular weight excluding hydrogens is 375 g/mol. The first-order valence-corrected chi connectivity index (χ1v) is 8.94. The number of nitrogens with two attached hydrogens (primary N) is 1. The van der Waals surface area contributed by atoms with E-state index in [0.29, 0.717) is 0 Å². The van der Waals surface area contributed by atoms with Crippen molar-refractivity contribution in [3.63, 3.8) is 0 Å². The highest BCUT2D eigenvalue weighted by molar-refractivity contribution is 14.1. The fourth-order valence-corrected chi connectivity index (χ4v) is 4.32. The van der Waals surface area contributed by atoms with E-state index in [1.54, 1.807) is 0 Å². The smallest absolute Gasteiger partial charge is 0.0503 e. The molecule has 0 unspecified atom stereocenters. The molecule has 0 aliphatic carbocycles. The Bertz CT molecular complexity index is 477. The number of anilines is 2. The van der Waals surface area contributed by atoms with Crippen molar-refractivity contribution >= 4 is 34.0 Å². The van der Waals surface area contributed by atoms with Crippen LogP contribution in [0.15, 0.2) is 18.2 Å². The minimum atomic E-state index is 0.779. The van der Waals surface area contributed by atoms with Crippen LogP contribution >= 0.6 is 22.6 Å². The Hall–Kier alpha value is -0.530. The molecule has 116 valence electrons. The Morgan fingerprint density at radius 1 is 1.05 bits per heavy atom. The molecule has 0 aromatic heterocycles. The van der Waals surface area contributed by atoms with E-state index < -0.39 is 0 Å². The molecule has 4 nitrogen and oxygen atoms in total. The molecule has 2 aliphatic heterocycles. The Balaban J connectivity index is 1.57. The summed E-state index contributed by atoms with van der Waals surface area (Å²) in [5.74, 6) is 0. The van der Waals surface area contributed by atoms with Crippen molar-refractivity contribution in [2.24, 2.45) is 0 Å². The van der Waals surface area contributed by atoms with Crippen LogP contribution in [0, 0.1) is 3.57 Å². The first kappa shape index (κ1) is 15.4. The fourth-order valence-electron chi connectivity index (χ4n) is 3.44. The number of piperidine rings is 1. The highest BCUT2D eigenvalue weighted by atomic mass is 127. The molecule has 0 radical (unpaired) electrons. The largest absolute Gasteiger partial charge is 0.399 e. The van der Waals surface area contributed by atoms with Crippen molar-refractivity contribution in [1.82, 2.24) is 9.80 Å². The molecular formula is C16H25IN4. The number of halogens is 1. The van der Waals surface area contributed by atoms with Crippen LogP contribution in [0.1, 0.15) is 12.8 Å². The molecule has 0 spiro atoms. The van der Waals surface area contributed by atoms with Crippen LogP contribution in [0.5, 0.6) is 0 Å². The minimum absolute atomic E-state index is 0.779. The summed E-state index contributed by atoms with van der Waals surface area (Å²) in [5, 5.41) is 0. The van der Waals surface area contributed by atoms with Gasteiger partial charge in [0.05, 0.1) is 5.69 Å². The molecule has 2 fully saturated rings. The second-order valence-corrected chi connectivity index (χ2v) is 7.43. The van der Waals surface area contributed by atoms with Crippen LogP contribution in [-0.2, 0) is 0 Å². The van der Waals surface area contributed by atoms with Crippen LogP contribution in [0.25, 0.3) is 0 Å². The van der Waals surface area contributed by atoms with Crippen LogP contribution in [-0.4, -0.2) is 62.2 Å². The summed E-state index contributed by atoms with van der Waals surface area (Å²) in [4.78, 5) is 7.65. The quantitative estimate of drug-likeness (QED) is 0.609. The summed E-state index contributed by atoms with van der Waals surface area (Å²) in [6.45, 7) is 7.24. The van der Waals surface area contributed by atoms with Crippen molar-refractivity contribution in [3.8, 4) is 0 Å². The van der Waals surface area contributed by atoms with E-state index >= 15 is 0 Å². The lowest BCUT2D eigenvalue weighted by molar-refractivity contribution is 0.0982.